The van der Waals surface area contributed by atoms with Gasteiger partial charge in [0.25, 0.3) is 0 Å². The number of anilines is 1. The standard InChI is InChI=1S/C11H14N4O2S/c1-2-17-11(16)9-10(18-7-15-9)14-4-3-8-12-5-6-13-8/h5-7,14H,2-4H2,1H3,(H,12,13). The summed E-state index contributed by atoms with van der Waals surface area (Å²) in [6, 6.07) is 0. The number of aromatic nitrogens is 3. The highest BCUT2D eigenvalue weighted by Crippen LogP contribution is 2.20. The third-order valence-corrected chi connectivity index (χ3v) is 3.02. The molecule has 0 aliphatic rings. The second-order valence-corrected chi connectivity index (χ2v) is 4.32. The van der Waals surface area contributed by atoms with Gasteiger partial charge in [-0.15, -0.1) is 11.3 Å². The van der Waals surface area contributed by atoms with Crippen LogP contribution in [-0.4, -0.2) is 34.1 Å². The number of carbonyl (C=O) groups is 1. The van der Waals surface area contributed by atoms with Gasteiger partial charge in [-0.05, 0) is 6.92 Å². The number of esters is 1. The average molecular weight is 266 g/mol. The molecule has 2 aromatic heterocycles. The molecule has 0 unspecified atom stereocenters. The van der Waals surface area contributed by atoms with E-state index in [2.05, 4.69) is 20.3 Å². The highest BCUT2D eigenvalue weighted by atomic mass is 32.1. The molecule has 0 aromatic carbocycles. The molecule has 0 fully saturated rings. The molecule has 2 heterocycles. The Morgan fingerprint density at radius 1 is 1.56 bits per heavy atom. The van der Waals surface area contributed by atoms with Crippen LogP contribution >= 0.6 is 11.3 Å². The Morgan fingerprint density at radius 2 is 2.44 bits per heavy atom. The molecule has 18 heavy (non-hydrogen) atoms. The summed E-state index contributed by atoms with van der Waals surface area (Å²) in [4.78, 5) is 22.7. The summed E-state index contributed by atoms with van der Waals surface area (Å²) >= 11 is 1.39. The van der Waals surface area contributed by atoms with Crippen molar-refractivity contribution < 1.29 is 9.53 Å². The zero-order valence-electron chi connectivity index (χ0n) is 9.97. The number of thiazole rings is 1. The zero-order valence-corrected chi connectivity index (χ0v) is 10.8. The molecule has 2 rings (SSSR count). The summed E-state index contributed by atoms with van der Waals surface area (Å²) in [5.74, 6) is 0.518. The fourth-order valence-electron chi connectivity index (χ4n) is 1.45. The van der Waals surface area contributed by atoms with Crippen LogP contribution in [-0.2, 0) is 11.2 Å². The van der Waals surface area contributed by atoms with Crippen LogP contribution in [0.3, 0.4) is 0 Å². The van der Waals surface area contributed by atoms with E-state index in [4.69, 9.17) is 4.74 Å². The van der Waals surface area contributed by atoms with Crippen molar-refractivity contribution in [2.24, 2.45) is 0 Å². The van der Waals surface area contributed by atoms with Crippen LogP contribution in [0.4, 0.5) is 5.00 Å². The third-order valence-electron chi connectivity index (χ3n) is 2.24. The maximum Gasteiger partial charge on any atom is 0.360 e. The lowest BCUT2D eigenvalue weighted by atomic mass is 10.4. The number of carbonyl (C=O) groups excluding carboxylic acids is 1. The topological polar surface area (TPSA) is 79.9 Å². The first kappa shape index (κ1) is 12.6. The second-order valence-electron chi connectivity index (χ2n) is 3.46. The molecule has 0 amide bonds. The van der Waals surface area contributed by atoms with E-state index in [1.807, 2.05) is 0 Å². The number of nitrogens with one attached hydrogen (secondary N) is 2. The van der Waals surface area contributed by atoms with Crippen molar-refractivity contribution >= 4 is 22.3 Å². The summed E-state index contributed by atoms with van der Waals surface area (Å²) in [7, 11) is 0. The first-order valence-electron chi connectivity index (χ1n) is 5.64. The SMILES string of the molecule is CCOC(=O)c1ncsc1NCCc1ncc[nH]1. The van der Waals surface area contributed by atoms with Crippen molar-refractivity contribution in [2.75, 3.05) is 18.5 Å². The number of nitrogens with zero attached hydrogens (tertiary/aromatic N) is 2. The molecular formula is C11H14N4O2S. The van der Waals surface area contributed by atoms with Crippen LogP contribution < -0.4 is 5.32 Å². The molecule has 0 radical (unpaired) electrons. The molecule has 96 valence electrons. The van der Waals surface area contributed by atoms with Crippen LogP contribution in [0.1, 0.15) is 23.2 Å². The average Bonchev–Trinajstić information content (AvgIpc) is 3.00. The van der Waals surface area contributed by atoms with E-state index in [1.54, 1.807) is 24.8 Å². The van der Waals surface area contributed by atoms with E-state index in [9.17, 15) is 4.79 Å². The molecule has 2 aromatic rings. The van der Waals surface area contributed by atoms with E-state index >= 15 is 0 Å². The van der Waals surface area contributed by atoms with Gasteiger partial charge in [0.15, 0.2) is 5.69 Å². The molecule has 0 spiro atoms. The predicted molar refractivity (Wildman–Crippen MR) is 68.9 cm³/mol. The summed E-state index contributed by atoms with van der Waals surface area (Å²) in [6.45, 7) is 2.80. The van der Waals surface area contributed by atoms with Crippen LogP contribution in [0.15, 0.2) is 17.9 Å². The first-order chi connectivity index (χ1) is 8.81. The van der Waals surface area contributed by atoms with Crippen molar-refractivity contribution in [3.05, 3.63) is 29.4 Å². The lowest BCUT2D eigenvalue weighted by Gasteiger charge is -2.04. The third kappa shape index (κ3) is 3.07. The van der Waals surface area contributed by atoms with Gasteiger partial charge in [0.1, 0.15) is 10.8 Å². The number of hydrogen-bond donors (Lipinski definition) is 2. The fraction of sp³-hybridized carbons (Fsp3) is 0.364. The number of H-pyrrole nitrogens is 1. The normalized spacial score (nSPS) is 10.3. The minimum absolute atomic E-state index is 0.348. The second kappa shape index (κ2) is 6.15. The molecule has 0 saturated carbocycles. The maximum atomic E-state index is 11.6. The van der Waals surface area contributed by atoms with E-state index < -0.39 is 0 Å². The minimum atomic E-state index is -0.390. The molecule has 7 heteroatoms. The quantitative estimate of drug-likeness (QED) is 0.778. The van der Waals surface area contributed by atoms with Gasteiger partial charge < -0.3 is 15.0 Å². The summed E-state index contributed by atoms with van der Waals surface area (Å²) < 4.78 is 4.93. The molecule has 0 atom stereocenters. The fourth-order valence-corrected chi connectivity index (χ4v) is 2.14. The summed E-state index contributed by atoms with van der Waals surface area (Å²) in [5, 5.41) is 3.90. The van der Waals surface area contributed by atoms with Gasteiger partial charge in [-0.3, -0.25) is 0 Å². The largest absolute Gasteiger partial charge is 0.461 e. The monoisotopic (exact) mass is 266 g/mol. The number of ether oxygens (including phenoxy) is 1. The Morgan fingerprint density at radius 3 is 3.17 bits per heavy atom. The summed E-state index contributed by atoms with van der Waals surface area (Å²) in [6.07, 6.45) is 4.26. The number of hydrogen-bond acceptors (Lipinski definition) is 6. The van der Waals surface area contributed by atoms with E-state index in [-0.39, 0.29) is 5.97 Å². The molecule has 0 bridgehead atoms. The van der Waals surface area contributed by atoms with Crippen molar-refractivity contribution in [1.82, 2.24) is 15.0 Å². The molecule has 0 aliphatic carbocycles. The van der Waals surface area contributed by atoms with Gasteiger partial charge >= 0.3 is 5.97 Å². The Kier molecular flexibility index (Phi) is 4.30. The smallest absolute Gasteiger partial charge is 0.360 e. The first-order valence-corrected chi connectivity index (χ1v) is 6.52. The Bertz CT molecular complexity index is 495. The number of rotatable bonds is 6. The van der Waals surface area contributed by atoms with Gasteiger partial charge in [0.05, 0.1) is 12.1 Å². The van der Waals surface area contributed by atoms with E-state index in [0.717, 1.165) is 17.2 Å². The van der Waals surface area contributed by atoms with Crippen molar-refractivity contribution in [3.63, 3.8) is 0 Å². The van der Waals surface area contributed by atoms with Gasteiger partial charge in [-0.1, -0.05) is 0 Å². The molecule has 6 nitrogen and oxygen atoms in total. The highest BCUT2D eigenvalue weighted by molar-refractivity contribution is 7.14. The van der Waals surface area contributed by atoms with Crippen molar-refractivity contribution in [3.8, 4) is 0 Å². The Balaban J connectivity index is 1.89. The van der Waals surface area contributed by atoms with E-state index in [1.165, 1.54) is 11.3 Å². The summed E-state index contributed by atoms with van der Waals surface area (Å²) in [5.41, 5.74) is 1.97. The molecule has 0 saturated heterocycles. The lowest BCUT2D eigenvalue weighted by molar-refractivity contribution is 0.0521. The van der Waals surface area contributed by atoms with Crippen LogP contribution in [0.2, 0.25) is 0 Å². The highest BCUT2D eigenvalue weighted by Gasteiger charge is 2.15. The van der Waals surface area contributed by atoms with Crippen molar-refractivity contribution in [2.45, 2.75) is 13.3 Å². The van der Waals surface area contributed by atoms with E-state index in [0.29, 0.717) is 18.8 Å². The predicted octanol–water partition coefficient (Wildman–Crippen LogP) is 1.70. The minimum Gasteiger partial charge on any atom is -0.461 e. The molecule has 0 aliphatic heterocycles. The maximum absolute atomic E-state index is 11.6. The number of imidazole rings is 1. The van der Waals surface area contributed by atoms with Gasteiger partial charge in [0, 0.05) is 25.4 Å². The van der Waals surface area contributed by atoms with Crippen LogP contribution in [0.5, 0.6) is 0 Å². The lowest BCUT2D eigenvalue weighted by Crippen LogP contribution is -2.11. The van der Waals surface area contributed by atoms with Crippen LogP contribution in [0.25, 0.3) is 0 Å². The van der Waals surface area contributed by atoms with Gasteiger partial charge in [0.2, 0.25) is 0 Å². The van der Waals surface area contributed by atoms with Gasteiger partial charge in [-0.2, -0.15) is 0 Å². The zero-order chi connectivity index (χ0) is 12.8. The Labute approximate surface area is 108 Å². The van der Waals surface area contributed by atoms with Gasteiger partial charge in [-0.25, -0.2) is 14.8 Å². The molecular weight excluding hydrogens is 252 g/mol. The molecule has 2 N–H and O–H groups in total. The number of aromatic amines is 1. The Hall–Kier alpha value is -1.89. The van der Waals surface area contributed by atoms with Crippen LogP contribution in [0, 0.1) is 0 Å². The van der Waals surface area contributed by atoms with Crippen molar-refractivity contribution in [1.29, 1.82) is 0 Å².